The molecule has 1 aliphatic rings. The fourth-order valence-corrected chi connectivity index (χ4v) is 3.13. The summed E-state index contributed by atoms with van der Waals surface area (Å²) in [7, 11) is 1.74. The second-order valence-corrected chi connectivity index (χ2v) is 6.87. The van der Waals surface area contributed by atoms with E-state index < -0.39 is 0 Å². The van der Waals surface area contributed by atoms with Gasteiger partial charge in [0.1, 0.15) is 11.6 Å². The molecule has 2 rings (SSSR count). The van der Waals surface area contributed by atoms with Gasteiger partial charge in [0.05, 0.1) is 12.7 Å². The Hall–Kier alpha value is -1.13. The van der Waals surface area contributed by atoms with Crippen molar-refractivity contribution < 1.29 is 18.6 Å². The van der Waals surface area contributed by atoms with E-state index in [0.717, 1.165) is 42.4 Å². The van der Waals surface area contributed by atoms with E-state index in [1.165, 1.54) is 12.1 Å². The molecule has 1 heterocycles. The summed E-state index contributed by atoms with van der Waals surface area (Å²) in [5.74, 6) is 1.67. The van der Waals surface area contributed by atoms with Gasteiger partial charge in [-0.15, -0.1) is 24.0 Å². The molecule has 0 aliphatic carbocycles. The van der Waals surface area contributed by atoms with Gasteiger partial charge in [0.2, 0.25) is 0 Å². The molecule has 0 spiro atoms. The molecule has 0 saturated carbocycles. The lowest BCUT2D eigenvalue weighted by Gasteiger charge is -2.22. The Kier molecular flexibility index (Phi) is 11.7. The summed E-state index contributed by atoms with van der Waals surface area (Å²) in [5.41, 5.74) is 1.60. The average molecular weight is 509 g/mol. The van der Waals surface area contributed by atoms with Gasteiger partial charge in [0.25, 0.3) is 0 Å². The molecule has 0 radical (unpaired) electrons. The molecule has 8 heteroatoms. The van der Waals surface area contributed by atoms with E-state index in [4.69, 9.17) is 14.2 Å². The summed E-state index contributed by atoms with van der Waals surface area (Å²) in [6.45, 7) is 9.06. The lowest BCUT2D eigenvalue weighted by Crippen LogP contribution is -2.40. The molecule has 1 unspecified atom stereocenters. The zero-order valence-corrected chi connectivity index (χ0v) is 19.5. The van der Waals surface area contributed by atoms with Crippen molar-refractivity contribution >= 4 is 29.9 Å². The van der Waals surface area contributed by atoms with E-state index in [9.17, 15) is 4.39 Å². The van der Waals surface area contributed by atoms with Crippen LogP contribution in [-0.2, 0) is 22.5 Å². The van der Waals surface area contributed by atoms with Crippen LogP contribution >= 0.6 is 24.0 Å². The zero-order chi connectivity index (χ0) is 19.6. The predicted molar refractivity (Wildman–Crippen MR) is 120 cm³/mol. The first-order valence-corrected chi connectivity index (χ1v) is 9.63. The lowest BCUT2D eigenvalue weighted by molar-refractivity contribution is -0.0172. The lowest BCUT2D eigenvalue weighted by atomic mass is 10.0. The van der Waals surface area contributed by atoms with Crippen molar-refractivity contribution in [3.05, 3.63) is 29.1 Å². The molecule has 1 atom stereocenters. The van der Waals surface area contributed by atoms with Crippen molar-refractivity contribution in [2.75, 3.05) is 33.5 Å². The number of benzene rings is 1. The fraction of sp³-hybridized carbons (Fsp3) is 0.650. The molecule has 0 bridgehead atoms. The molecule has 1 aliphatic heterocycles. The van der Waals surface area contributed by atoms with Gasteiger partial charge in [-0.25, -0.2) is 4.39 Å². The standard InChI is InChI=1S/C20H32FN3O3.HI/c1-5-26-18(14(2)3)7-9-24-20(22-4)23-8-6-15-10-17(21)11-16-12-25-13-27-19(15)16;/h10-11,14,18H,5-9,12-13H2,1-4H3,(H2,22,23,24);1H. The van der Waals surface area contributed by atoms with Crippen LogP contribution in [0.3, 0.4) is 0 Å². The Labute approximate surface area is 184 Å². The molecular formula is C20H33FIN3O3. The zero-order valence-electron chi connectivity index (χ0n) is 17.2. The number of rotatable bonds is 9. The highest BCUT2D eigenvalue weighted by Crippen LogP contribution is 2.29. The van der Waals surface area contributed by atoms with Crippen LogP contribution in [-0.4, -0.2) is 45.6 Å². The second kappa shape index (κ2) is 13.2. The number of hydrogen-bond donors (Lipinski definition) is 2. The summed E-state index contributed by atoms with van der Waals surface area (Å²) >= 11 is 0. The van der Waals surface area contributed by atoms with E-state index >= 15 is 0 Å². The number of guanidine groups is 1. The third-order valence-corrected chi connectivity index (χ3v) is 4.51. The van der Waals surface area contributed by atoms with E-state index in [1.54, 1.807) is 7.05 Å². The Morgan fingerprint density at radius 3 is 2.71 bits per heavy atom. The quantitative estimate of drug-likeness (QED) is 0.303. The van der Waals surface area contributed by atoms with E-state index in [2.05, 4.69) is 29.5 Å². The van der Waals surface area contributed by atoms with Crippen molar-refractivity contribution in [1.29, 1.82) is 0 Å². The van der Waals surface area contributed by atoms with Crippen LogP contribution in [0.5, 0.6) is 5.75 Å². The van der Waals surface area contributed by atoms with Crippen LogP contribution in [0.25, 0.3) is 0 Å². The van der Waals surface area contributed by atoms with Gasteiger partial charge in [0, 0.05) is 32.3 Å². The Bertz CT molecular complexity index is 629. The first-order valence-electron chi connectivity index (χ1n) is 9.63. The number of aliphatic imine (C=N–C) groups is 1. The van der Waals surface area contributed by atoms with Gasteiger partial charge < -0.3 is 24.8 Å². The third-order valence-electron chi connectivity index (χ3n) is 4.51. The smallest absolute Gasteiger partial charge is 0.190 e. The topological polar surface area (TPSA) is 64.1 Å². The highest BCUT2D eigenvalue weighted by atomic mass is 127. The maximum absolute atomic E-state index is 13.8. The molecular weight excluding hydrogens is 476 g/mol. The number of nitrogens with one attached hydrogen (secondary N) is 2. The largest absolute Gasteiger partial charge is 0.467 e. The number of nitrogens with zero attached hydrogens (tertiary/aromatic N) is 1. The van der Waals surface area contributed by atoms with Gasteiger partial charge in [-0.3, -0.25) is 4.99 Å². The molecule has 1 aromatic carbocycles. The van der Waals surface area contributed by atoms with E-state index in [0.29, 0.717) is 25.5 Å². The first-order chi connectivity index (χ1) is 13.0. The summed E-state index contributed by atoms with van der Waals surface area (Å²) < 4.78 is 30.3. The number of ether oxygens (including phenoxy) is 3. The van der Waals surface area contributed by atoms with Gasteiger partial charge in [0.15, 0.2) is 12.8 Å². The summed E-state index contributed by atoms with van der Waals surface area (Å²) in [6, 6.07) is 2.99. The molecule has 2 N–H and O–H groups in total. The van der Waals surface area contributed by atoms with Crippen molar-refractivity contribution in [3.8, 4) is 5.75 Å². The minimum atomic E-state index is -0.268. The Morgan fingerprint density at radius 1 is 1.29 bits per heavy atom. The number of fused-ring (bicyclic) bond motifs is 1. The molecule has 0 fully saturated rings. The van der Waals surface area contributed by atoms with Gasteiger partial charge >= 0.3 is 0 Å². The SMILES string of the molecule is CCOC(CCNC(=NC)NCCc1cc(F)cc2c1OCOC2)C(C)C.I. The van der Waals surface area contributed by atoms with Crippen LogP contribution in [0.2, 0.25) is 0 Å². The molecule has 160 valence electrons. The number of hydrogen-bond acceptors (Lipinski definition) is 4. The van der Waals surface area contributed by atoms with Crippen LogP contribution < -0.4 is 15.4 Å². The van der Waals surface area contributed by atoms with Crippen molar-refractivity contribution in [2.24, 2.45) is 10.9 Å². The highest BCUT2D eigenvalue weighted by Gasteiger charge is 2.17. The average Bonchev–Trinajstić information content (AvgIpc) is 2.65. The van der Waals surface area contributed by atoms with Crippen LogP contribution in [0.4, 0.5) is 4.39 Å². The monoisotopic (exact) mass is 509 g/mol. The third kappa shape index (κ3) is 7.71. The van der Waals surface area contributed by atoms with Crippen molar-refractivity contribution in [2.45, 2.75) is 46.3 Å². The van der Waals surface area contributed by atoms with Crippen LogP contribution in [0.15, 0.2) is 17.1 Å². The maximum Gasteiger partial charge on any atom is 0.190 e. The van der Waals surface area contributed by atoms with Crippen LogP contribution in [0.1, 0.15) is 38.3 Å². The summed E-state index contributed by atoms with van der Waals surface area (Å²) in [4.78, 5) is 4.24. The van der Waals surface area contributed by atoms with Gasteiger partial charge in [-0.2, -0.15) is 0 Å². The predicted octanol–water partition coefficient (Wildman–Crippen LogP) is 3.47. The summed E-state index contributed by atoms with van der Waals surface area (Å²) in [5, 5.41) is 6.57. The Balaban J connectivity index is 0.00000392. The maximum atomic E-state index is 13.8. The molecule has 0 amide bonds. The number of halogens is 2. The van der Waals surface area contributed by atoms with Gasteiger partial charge in [-0.05, 0) is 43.4 Å². The normalized spacial score (nSPS) is 14.7. The van der Waals surface area contributed by atoms with Crippen LogP contribution in [0, 0.1) is 11.7 Å². The molecule has 0 saturated heterocycles. The molecule has 6 nitrogen and oxygen atoms in total. The molecule has 1 aromatic rings. The van der Waals surface area contributed by atoms with E-state index in [-0.39, 0.29) is 42.7 Å². The molecule has 0 aromatic heterocycles. The second-order valence-electron chi connectivity index (χ2n) is 6.87. The van der Waals surface area contributed by atoms with Crippen molar-refractivity contribution in [1.82, 2.24) is 10.6 Å². The molecule has 28 heavy (non-hydrogen) atoms. The minimum absolute atomic E-state index is 0. The minimum Gasteiger partial charge on any atom is -0.467 e. The van der Waals surface area contributed by atoms with Crippen molar-refractivity contribution in [3.63, 3.8) is 0 Å². The fourth-order valence-electron chi connectivity index (χ4n) is 3.13. The van der Waals surface area contributed by atoms with Gasteiger partial charge in [-0.1, -0.05) is 13.8 Å². The Morgan fingerprint density at radius 2 is 2.04 bits per heavy atom. The highest BCUT2D eigenvalue weighted by molar-refractivity contribution is 14.0. The first kappa shape index (κ1) is 24.9. The van der Waals surface area contributed by atoms with E-state index in [1.807, 2.05) is 6.92 Å². The summed E-state index contributed by atoms with van der Waals surface area (Å²) in [6.07, 6.45) is 1.78.